The first-order valence-corrected chi connectivity index (χ1v) is 7.51. The Labute approximate surface area is 131 Å². The number of nitrogens with zero attached hydrogens (tertiary/aromatic N) is 2. The number of benzene rings is 1. The number of amides is 1. The SMILES string of the molecule is Cc1cc(CNC(=O)/C=C/c2ccc(C(C)C)cc2)n(C)n1. The third kappa shape index (κ3) is 4.32. The Morgan fingerprint density at radius 1 is 1.32 bits per heavy atom. The number of aromatic nitrogens is 2. The number of aryl methyl sites for hydroxylation is 2. The first kappa shape index (κ1) is 16.0. The van der Waals surface area contributed by atoms with E-state index in [2.05, 4.69) is 36.4 Å². The molecule has 1 aromatic heterocycles. The van der Waals surface area contributed by atoms with Crippen molar-refractivity contribution in [1.82, 2.24) is 15.1 Å². The second-order valence-corrected chi connectivity index (χ2v) is 5.77. The highest BCUT2D eigenvalue weighted by Crippen LogP contribution is 2.15. The van der Waals surface area contributed by atoms with Gasteiger partial charge in [0, 0.05) is 13.1 Å². The Balaban J connectivity index is 1.89. The number of carbonyl (C=O) groups is 1. The molecule has 0 saturated carbocycles. The smallest absolute Gasteiger partial charge is 0.244 e. The summed E-state index contributed by atoms with van der Waals surface area (Å²) in [7, 11) is 1.88. The van der Waals surface area contributed by atoms with Gasteiger partial charge in [-0.15, -0.1) is 0 Å². The lowest BCUT2D eigenvalue weighted by atomic mass is 10.0. The maximum Gasteiger partial charge on any atom is 0.244 e. The molecule has 0 aliphatic carbocycles. The fourth-order valence-electron chi connectivity index (χ4n) is 2.23. The normalized spacial score (nSPS) is 11.3. The lowest BCUT2D eigenvalue weighted by Crippen LogP contribution is -2.21. The van der Waals surface area contributed by atoms with E-state index in [4.69, 9.17) is 0 Å². The molecule has 2 rings (SSSR count). The molecule has 1 amide bonds. The summed E-state index contributed by atoms with van der Waals surface area (Å²) < 4.78 is 1.78. The van der Waals surface area contributed by atoms with Crippen molar-refractivity contribution in [3.05, 3.63) is 58.9 Å². The van der Waals surface area contributed by atoms with Crippen LogP contribution < -0.4 is 5.32 Å². The third-order valence-electron chi connectivity index (χ3n) is 3.57. The minimum absolute atomic E-state index is 0.105. The Morgan fingerprint density at radius 3 is 2.55 bits per heavy atom. The van der Waals surface area contributed by atoms with Crippen LogP contribution >= 0.6 is 0 Å². The van der Waals surface area contributed by atoms with Gasteiger partial charge in [-0.3, -0.25) is 9.48 Å². The summed E-state index contributed by atoms with van der Waals surface area (Å²) in [5.41, 5.74) is 4.26. The molecular formula is C18H23N3O. The Morgan fingerprint density at radius 2 is 2.00 bits per heavy atom. The molecule has 0 bridgehead atoms. The highest BCUT2D eigenvalue weighted by Gasteiger charge is 2.03. The fraction of sp³-hybridized carbons (Fsp3) is 0.333. The molecule has 0 atom stereocenters. The Bertz CT molecular complexity index is 666. The fourth-order valence-corrected chi connectivity index (χ4v) is 2.23. The average Bonchev–Trinajstić information content (AvgIpc) is 2.81. The first-order valence-electron chi connectivity index (χ1n) is 7.51. The summed E-state index contributed by atoms with van der Waals surface area (Å²) in [6, 6.07) is 10.2. The molecule has 4 heteroatoms. The molecule has 1 heterocycles. The predicted octanol–water partition coefficient (Wildman–Crippen LogP) is 3.18. The minimum atomic E-state index is -0.105. The van der Waals surface area contributed by atoms with Crippen LogP contribution in [-0.2, 0) is 18.4 Å². The van der Waals surface area contributed by atoms with Gasteiger partial charge < -0.3 is 5.32 Å². The van der Waals surface area contributed by atoms with Crippen molar-refractivity contribution >= 4 is 12.0 Å². The maximum absolute atomic E-state index is 11.9. The number of nitrogens with one attached hydrogen (secondary N) is 1. The zero-order chi connectivity index (χ0) is 16.1. The largest absolute Gasteiger partial charge is 0.347 e. The van der Waals surface area contributed by atoms with Crippen LogP contribution in [0.3, 0.4) is 0 Å². The van der Waals surface area contributed by atoms with E-state index < -0.39 is 0 Å². The lowest BCUT2D eigenvalue weighted by Gasteiger charge is -2.05. The number of hydrogen-bond donors (Lipinski definition) is 1. The summed E-state index contributed by atoms with van der Waals surface area (Å²) in [4.78, 5) is 11.9. The maximum atomic E-state index is 11.9. The van der Waals surface area contributed by atoms with Crippen molar-refractivity contribution in [3.8, 4) is 0 Å². The monoisotopic (exact) mass is 297 g/mol. The molecule has 2 aromatic rings. The summed E-state index contributed by atoms with van der Waals surface area (Å²) in [6.07, 6.45) is 3.39. The molecule has 0 unspecified atom stereocenters. The van der Waals surface area contributed by atoms with Gasteiger partial charge in [-0.1, -0.05) is 38.1 Å². The van der Waals surface area contributed by atoms with E-state index in [0.717, 1.165) is 17.0 Å². The summed E-state index contributed by atoms with van der Waals surface area (Å²) in [5, 5.41) is 7.12. The van der Waals surface area contributed by atoms with Gasteiger partial charge in [-0.2, -0.15) is 5.10 Å². The van der Waals surface area contributed by atoms with Crippen molar-refractivity contribution in [1.29, 1.82) is 0 Å². The molecule has 0 fully saturated rings. The van der Waals surface area contributed by atoms with Gasteiger partial charge in [0.15, 0.2) is 0 Å². The quantitative estimate of drug-likeness (QED) is 0.862. The number of carbonyl (C=O) groups excluding carboxylic acids is 1. The second kappa shape index (κ2) is 7.07. The molecule has 116 valence electrons. The summed E-state index contributed by atoms with van der Waals surface area (Å²) >= 11 is 0. The molecule has 1 aromatic carbocycles. The van der Waals surface area contributed by atoms with E-state index >= 15 is 0 Å². The predicted molar refractivity (Wildman–Crippen MR) is 89.4 cm³/mol. The standard InChI is InChI=1S/C18H23N3O/c1-13(2)16-8-5-15(6-9-16)7-10-18(22)19-12-17-11-14(3)20-21(17)4/h5-11,13H,12H2,1-4H3,(H,19,22)/b10-7+. The van der Waals surface area contributed by atoms with Gasteiger partial charge in [-0.05, 0) is 36.1 Å². The Kier molecular flexibility index (Phi) is 5.15. The van der Waals surface area contributed by atoms with E-state index in [1.807, 2.05) is 38.2 Å². The van der Waals surface area contributed by atoms with Gasteiger partial charge in [0.25, 0.3) is 0 Å². The first-order chi connectivity index (χ1) is 10.5. The van der Waals surface area contributed by atoms with Crippen molar-refractivity contribution in [2.45, 2.75) is 33.2 Å². The molecule has 0 spiro atoms. The van der Waals surface area contributed by atoms with Crippen molar-refractivity contribution < 1.29 is 4.79 Å². The van der Waals surface area contributed by atoms with E-state index in [0.29, 0.717) is 12.5 Å². The van der Waals surface area contributed by atoms with Gasteiger partial charge in [0.1, 0.15) is 0 Å². The highest BCUT2D eigenvalue weighted by molar-refractivity contribution is 5.91. The Hall–Kier alpha value is -2.36. The average molecular weight is 297 g/mol. The molecule has 4 nitrogen and oxygen atoms in total. The number of hydrogen-bond acceptors (Lipinski definition) is 2. The van der Waals surface area contributed by atoms with Gasteiger partial charge in [0.2, 0.25) is 5.91 Å². The number of rotatable bonds is 5. The molecular weight excluding hydrogens is 274 g/mol. The van der Waals surface area contributed by atoms with Crippen LogP contribution in [0.1, 0.15) is 42.3 Å². The highest BCUT2D eigenvalue weighted by atomic mass is 16.1. The summed E-state index contributed by atoms with van der Waals surface area (Å²) in [6.45, 7) is 6.75. The van der Waals surface area contributed by atoms with Crippen LogP contribution in [0.4, 0.5) is 0 Å². The molecule has 0 saturated heterocycles. The van der Waals surface area contributed by atoms with Gasteiger partial charge in [0.05, 0.1) is 17.9 Å². The summed E-state index contributed by atoms with van der Waals surface area (Å²) in [5.74, 6) is 0.412. The van der Waals surface area contributed by atoms with Crippen LogP contribution in [0, 0.1) is 6.92 Å². The van der Waals surface area contributed by atoms with Crippen molar-refractivity contribution in [3.63, 3.8) is 0 Å². The van der Waals surface area contributed by atoms with Gasteiger partial charge in [-0.25, -0.2) is 0 Å². The molecule has 0 aliphatic heterocycles. The molecule has 0 aliphatic rings. The molecule has 22 heavy (non-hydrogen) atoms. The van der Waals surface area contributed by atoms with E-state index in [1.165, 1.54) is 5.56 Å². The van der Waals surface area contributed by atoms with Crippen LogP contribution in [0.2, 0.25) is 0 Å². The zero-order valence-corrected chi connectivity index (χ0v) is 13.6. The molecule has 1 N–H and O–H groups in total. The van der Waals surface area contributed by atoms with Crippen LogP contribution in [0.15, 0.2) is 36.4 Å². The van der Waals surface area contributed by atoms with E-state index in [9.17, 15) is 4.79 Å². The van der Waals surface area contributed by atoms with E-state index in [-0.39, 0.29) is 5.91 Å². The van der Waals surface area contributed by atoms with E-state index in [1.54, 1.807) is 10.8 Å². The van der Waals surface area contributed by atoms with Gasteiger partial charge >= 0.3 is 0 Å². The van der Waals surface area contributed by atoms with Crippen LogP contribution in [0.25, 0.3) is 6.08 Å². The van der Waals surface area contributed by atoms with Crippen LogP contribution in [-0.4, -0.2) is 15.7 Å². The van der Waals surface area contributed by atoms with Crippen LogP contribution in [0.5, 0.6) is 0 Å². The zero-order valence-electron chi connectivity index (χ0n) is 13.6. The third-order valence-corrected chi connectivity index (χ3v) is 3.57. The second-order valence-electron chi connectivity index (χ2n) is 5.77. The minimum Gasteiger partial charge on any atom is -0.347 e. The lowest BCUT2D eigenvalue weighted by molar-refractivity contribution is -0.116. The van der Waals surface area contributed by atoms with Crippen molar-refractivity contribution in [2.75, 3.05) is 0 Å². The molecule has 0 radical (unpaired) electrons. The topological polar surface area (TPSA) is 46.9 Å². The van der Waals surface area contributed by atoms with Crippen molar-refractivity contribution in [2.24, 2.45) is 7.05 Å².